The molecule has 0 bridgehead atoms. The van der Waals surface area contributed by atoms with Crippen LogP contribution in [-0.4, -0.2) is 30.7 Å². The molecule has 5 heteroatoms. The molecule has 1 spiro atoms. The second kappa shape index (κ2) is 5.93. The van der Waals surface area contributed by atoms with Crippen molar-refractivity contribution < 1.29 is 24.7 Å². The van der Waals surface area contributed by atoms with Gasteiger partial charge in [0.25, 0.3) is 0 Å². The first-order valence-electron chi connectivity index (χ1n) is 6.07. The Kier molecular flexibility index (Phi) is 4.55. The Bertz CT molecular complexity index is 189. The van der Waals surface area contributed by atoms with Gasteiger partial charge in [0.1, 0.15) is 0 Å². The van der Waals surface area contributed by atoms with Crippen LogP contribution in [0.5, 0.6) is 0 Å². The van der Waals surface area contributed by atoms with Gasteiger partial charge in [-0.05, 0) is 12.8 Å². The quantitative estimate of drug-likeness (QED) is 0.695. The second-order valence-corrected chi connectivity index (χ2v) is 4.61. The van der Waals surface area contributed by atoms with Gasteiger partial charge in [-0.15, -0.1) is 0 Å². The Morgan fingerprint density at radius 2 is 1.50 bits per heavy atom. The number of hydrogen-bond donors (Lipinski definition) is 1. The first-order valence-corrected chi connectivity index (χ1v) is 6.07. The fourth-order valence-electron chi connectivity index (χ4n) is 2.08. The van der Waals surface area contributed by atoms with E-state index >= 15 is 0 Å². The van der Waals surface area contributed by atoms with Gasteiger partial charge >= 0.3 is 0 Å². The molecule has 0 atom stereocenters. The maximum Gasteiger partial charge on any atom is 0.233 e. The fourth-order valence-corrected chi connectivity index (χ4v) is 2.08. The lowest BCUT2D eigenvalue weighted by Crippen LogP contribution is -2.39. The monoisotopic (exact) mass is 232 g/mol. The lowest BCUT2D eigenvalue weighted by atomic mass is 10.1. The van der Waals surface area contributed by atoms with Crippen molar-refractivity contribution in [1.29, 1.82) is 0 Å². The van der Waals surface area contributed by atoms with E-state index in [0.29, 0.717) is 13.2 Å². The van der Waals surface area contributed by atoms with Crippen LogP contribution in [0.2, 0.25) is 0 Å². The van der Waals surface area contributed by atoms with Gasteiger partial charge in [0.2, 0.25) is 5.79 Å². The standard InChI is InChI=1S/C11H20O5/c12-7-10-8-13-15-11(16-14-9-10)5-3-1-2-4-6-11/h10,12H,1-9H2. The molecule has 2 fully saturated rings. The third-order valence-electron chi connectivity index (χ3n) is 3.15. The molecular formula is C11H20O5. The van der Waals surface area contributed by atoms with E-state index in [0.717, 1.165) is 25.7 Å². The number of hydrogen-bond acceptors (Lipinski definition) is 5. The van der Waals surface area contributed by atoms with Crippen LogP contribution in [0.25, 0.3) is 0 Å². The maximum atomic E-state index is 8.98. The van der Waals surface area contributed by atoms with Crippen LogP contribution >= 0.6 is 0 Å². The van der Waals surface area contributed by atoms with Gasteiger partial charge in [-0.1, -0.05) is 12.8 Å². The highest BCUT2D eigenvalue weighted by Crippen LogP contribution is 2.33. The van der Waals surface area contributed by atoms with E-state index < -0.39 is 5.79 Å². The van der Waals surface area contributed by atoms with E-state index in [-0.39, 0.29) is 12.5 Å². The molecule has 94 valence electrons. The minimum atomic E-state index is -0.725. The molecule has 1 saturated carbocycles. The summed E-state index contributed by atoms with van der Waals surface area (Å²) in [6, 6.07) is 0. The summed E-state index contributed by atoms with van der Waals surface area (Å²) >= 11 is 0. The fraction of sp³-hybridized carbons (Fsp3) is 1.00. The van der Waals surface area contributed by atoms with E-state index in [1.807, 2.05) is 0 Å². The molecule has 0 aromatic heterocycles. The van der Waals surface area contributed by atoms with Crippen LogP contribution in [0.4, 0.5) is 0 Å². The van der Waals surface area contributed by atoms with Gasteiger partial charge in [-0.25, -0.2) is 9.78 Å². The molecule has 0 aromatic carbocycles. The maximum absolute atomic E-state index is 8.98. The van der Waals surface area contributed by atoms with Crippen molar-refractivity contribution in [2.24, 2.45) is 5.92 Å². The minimum absolute atomic E-state index is 0.0136. The molecule has 0 aromatic rings. The number of aliphatic hydroxyl groups excluding tert-OH is 1. The minimum Gasteiger partial charge on any atom is -0.396 e. The Morgan fingerprint density at radius 1 is 0.938 bits per heavy atom. The van der Waals surface area contributed by atoms with Crippen molar-refractivity contribution in [1.82, 2.24) is 0 Å². The molecule has 2 rings (SSSR count). The zero-order valence-electron chi connectivity index (χ0n) is 9.52. The average Bonchev–Trinajstić information content (AvgIpc) is 2.50. The van der Waals surface area contributed by atoms with Crippen molar-refractivity contribution in [3.05, 3.63) is 0 Å². The normalized spacial score (nSPS) is 28.3. The van der Waals surface area contributed by atoms with Crippen LogP contribution in [0.15, 0.2) is 0 Å². The largest absolute Gasteiger partial charge is 0.396 e. The summed E-state index contributed by atoms with van der Waals surface area (Å²) < 4.78 is 0. The molecular weight excluding hydrogens is 212 g/mol. The summed E-state index contributed by atoms with van der Waals surface area (Å²) in [7, 11) is 0. The SMILES string of the molecule is OCC1COOC2(CCCCCC2)OOC1. The Morgan fingerprint density at radius 3 is 2.00 bits per heavy atom. The average molecular weight is 232 g/mol. The predicted molar refractivity (Wildman–Crippen MR) is 55.1 cm³/mol. The predicted octanol–water partition coefficient (Wildman–Crippen LogP) is 1.56. The highest BCUT2D eigenvalue weighted by molar-refractivity contribution is 4.72. The highest BCUT2D eigenvalue weighted by atomic mass is 17.3. The first-order chi connectivity index (χ1) is 7.85. The van der Waals surface area contributed by atoms with E-state index in [4.69, 9.17) is 24.7 Å². The molecule has 5 nitrogen and oxygen atoms in total. The third-order valence-corrected chi connectivity index (χ3v) is 3.15. The Balaban J connectivity index is 1.89. The number of aliphatic hydroxyl groups is 1. The molecule has 16 heavy (non-hydrogen) atoms. The molecule has 2 aliphatic rings. The molecule has 1 aliphatic carbocycles. The van der Waals surface area contributed by atoms with Crippen LogP contribution in [-0.2, 0) is 19.6 Å². The lowest BCUT2D eigenvalue weighted by Gasteiger charge is -2.32. The summed E-state index contributed by atoms with van der Waals surface area (Å²) in [5, 5.41) is 8.98. The molecule has 0 amide bonds. The Labute approximate surface area is 95.5 Å². The topological polar surface area (TPSA) is 57.2 Å². The van der Waals surface area contributed by atoms with Gasteiger partial charge in [0.05, 0.1) is 19.8 Å². The molecule has 1 N–H and O–H groups in total. The first kappa shape index (κ1) is 12.3. The Hall–Kier alpha value is -0.200. The summed E-state index contributed by atoms with van der Waals surface area (Å²) in [5.74, 6) is -0.806. The lowest BCUT2D eigenvalue weighted by molar-refractivity contribution is -0.530. The molecule has 1 heterocycles. The van der Waals surface area contributed by atoms with Gasteiger partial charge < -0.3 is 5.11 Å². The zero-order chi connectivity index (χ0) is 11.3. The highest BCUT2D eigenvalue weighted by Gasteiger charge is 2.37. The zero-order valence-corrected chi connectivity index (χ0v) is 9.52. The van der Waals surface area contributed by atoms with Crippen LogP contribution < -0.4 is 0 Å². The summed E-state index contributed by atoms with van der Waals surface area (Å²) in [5.41, 5.74) is 0. The number of rotatable bonds is 1. The van der Waals surface area contributed by atoms with E-state index in [1.54, 1.807) is 0 Å². The summed E-state index contributed by atoms with van der Waals surface area (Å²) in [4.78, 5) is 21.1. The molecule has 1 saturated heterocycles. The molecule has 0 radical (unpaired) electrons. The molecule has 0 unspecified atom stereocenters. The molecule has 1 aliphatic heterocycles. The van der Waals surface area contributed by atoms with E-state index in [9.17, 15) is 0 Å². The summed E-state index contributed by atoms with van der Waals surface area (Å²) in [6.45, 7) is 0.711. The smallest absolute Gasteiger partial charge is 0.233 e. The van der Waals surface area contributed by atoms with E-state index in [2.05, 4.69) is 0 Å². The van der Waals surface area contributed by atoms with E-state index in [1.165, 1.54) is 12.8 Å². The van der Waals surface area contributed by atoms with Gasteiger partial charge in [0, 0.05) is 18.8 Å². The van der Waals surface area contributed by atoms with Crippen molar-refractivity contribution in [2.45, 2.75) is 44.3 Å². The van der Waals surface area contributed by atoms with Crippen LogP contribution in [0.1, 0.15) is 38.5 Å². The van der Waals surface area contributed by atoms with Gasteiger partial charge in [-0.3, -0.25) is 0 Å². The second-order valence-electron chi connectivity index (χ2n) is 4.61. The van der Waals surface area contributed by atoms with Crippen LogP contribution in [0.3, 0.4) is 0 Å². The van der Waals surface area contributed by atoms with Crippen molar-refractivity contribution in [2.75, 3.05) is 19.8 Å². The third kappa shape index (κ3) is 3.15. The van der Waals surface area contributed by atoms with Crippen molar-refractivity contribution >= 4 is 0 Å². The van der Waals surface area contributed by atoms with Crippen molar-refractivity contribution in [3.63, 3.8) is 0 Å². The summed E-state index contributed by atoms with van der Waals surface area (Å²) in [6.07, 6.45) is 6.14. The van der Waals surface area contributed by atoms with Crippen molar-refractivity contribution in [3.8, 4) is 0 Å². The van der Waals surface area contributed by atoms with Gasteiger partial charge in [-0.2, -0.15) is 9.78 Å². The van der Waals surface area contributed by atoms with Gasteiger partial charge in [0.15, 0.2) is 0 Å². The van der Waals surface area contributed by atoms with Crippen LogP contribution in [0, 0.1) is 5.92 Å².